The van der Waals surface area contributed by atoms with Crippen LogP contribution in [0.4, 0.5) is 11.4 Å². The fraction of sp³-hybridized carbons (Fsp3) is 0.333. The number of ether oxygens (including phenoxy) is 1. The Hall–Kier alpha value is -1.67. The lowest BCUT2D eigenvalue weighted by Crippen LogP contribution is -2.19. The molecule has 94 valence electrons. The van der Waals surface area contributed by atoms with Crippen LogP contribution in [0.3, 0.4) is 0 Å². The van der Waals surface area contributed by atoms with Gasteiger partial charge in [-0.1, -0.05) is 0 Å². The Morgan fingerprint density at radius 1 is 1.35 bits per heavy atom. The Morgan fingerprint density at radius 2 is 1.94 bits per heavy atom. The Bertz CT molecular complexity index is 483. The molecule has 0 atom stereocenters. The maximum atomic E-state index is 11.5. The van der Waals surface area contributed by atoms with E-state index in [1.54, 1.807) is 0 Å². The molecule has 0 heterocycles. The molecule has 8 heteroatoms. The molecule has 0 aromatic heterocycles. The predicted molar refractivity (Wildman–Crippen MR) is 62.4 cm³/mol. The fourth-order valence-electron chi connectivity index (χ4n) is 1.07. The number of nitro groups is 1. The number of methoxy groups -OCH3 is 1. The van der Waals surface area contributed by atoms with Gasteiger partial charge in [-0.25, -0.2) is 8.42 Å². The quantitative estimate of drug-likeness (QED) is 0.607. The number of nitro benzene ring substituents is 1. The van der Waals surface area contributed by atoms with Gasteiger partial charge in [0, 0.05) is 24.9 Å². The Balaban J connectivity index is 2.72. The van der Waals surface area contributed by atoms with Crippen LogP contribution < -0.4 is 4.72 Å². The van der Waals surface area contributed by atoms with Crippen molar-refractivity contribution in [2.45, 2.75) is 0 Å². The van der Waals surface area contributed by atoms with Crippen LogP contribution in [0.1, 0.15) is 0 Å². The normalized spacial score (nSPS) is 11.1. The summed E-state index contributed by atoms with van der Waals surface area (Å²) >= 11 is 0. The van der Waals surface area contributed by atoms with Crippen molar-refractivity contribution in [1.82, 2.24) is 0 Å². The third-order valence-electron chi connectivity index (χ3n) is 1.91. The van der Waals surface area contributed by atoms with E-state index < -0.39 is 14.9 Å². The molecular formula is C9H12N2O5S. The van der Waals surface area contributed by atoms with E-state index >= 15 is 0 Å². The molecule has 1 aromatic carbocycles. The summed E-state index contributed by atoms with van der Waals surface area (Å²) in [6.07, 6.45) is 0. The van der Waals surface area contributed by atoms with Gasteiger partial charge in [-0.2, -0.15) is 0 Å². The molecule has 0 spiro atoms. The largest absolute Gasteiger partial charge is 0.384 e. The molecule has 0 saturated heterocycles. The zero-order valence-corrected chi connectivity index (χ0v) is 9.94. The van der Waals surface area contributed by atoms with E-state index in [1.807, 2.05) is 0 Å². The van der Waals surface area contributed by atoms with E-state index in [1.165, 1.54) is 31.4 Å². The monoisotopic (exact) mass is 260 g/mol. The minimum atomic E-state index is -3.47. The van der Waals surface area contributed by atoms with Gasteiger partial charge in [-0.05, 0) is 12.1 Å². The molecule has 1 N–H and O–H groups in total. The first kappa shape index (κ1) is 13.4. The van der Waals surface area contributed by atoms with Gasteiger partial charge in [-0.15, -0.1) is 0 Å². The zero-order chi connectivity index (χ0) is 12.9. The summed E-state index contributed by atoms with van der Waals surface area (Å²) in [6, 6.07) is 5.13. The lowest BCUT2D eigenvalue weighted by Gasteiger charge is -2.06. The second-order valence-electron chi connectivity index (χ2n) is 3.22. The molecule has 0 aliphatic rings. The number of non-ortho nitro benzene ring substituents is 1. The van der Waals surface area contributed by atoms with E-state index in [-0.39, 0.29) is 23.7 Å². The minimum absolute atomic E-state index is 0.0856. The summed E-state index contributed by atoms with van der Waals surface area (Å²) in [4.78, 5) is 9.84. The number of hydrogen-bond donors (Lipinski definition) is 1. The molecule has 0 radical (unpaired) electrons. The maximum absolute atomic E-state index is 11.5. The lowest BCUT2D eigenvalue weighted by molar-refractivity contribution is -0.384. The molecule has 0 aliphatic carbocycles. The summed E-state index contributed by atoms with van der Waals surface area (Å²) in [5.74, 6) is -0.166. The SMILES string of the molecule is COCCS(=O)(=O)Nc1ccc([N+](=O)[O-])cc1. The average Bonchev–Trinajstić information content (AvgIpc) is 2.26. The van der Waals surface area contributed by atoms with E-state index in [0.717, 1.165) is 0 Å². The molecule has 1 aromatic rings. The molecule has 0 unspecified atom stereocenters. The van der Waals surface area contributed by atoms with Crippen LogP contribution in [0.2, 0.25) is 0 Å². The van der Waals surface area contributed by atoms with Crippen LogP contribution in [-0.2, 0) is 14.8 Å². The number of sulfonamides is 1. The van der Waals surface area contributed by atoms with Gasteiger partial charge >= 0.3 is 0 Å². The van der Waals surface area contributed by atoms with Crippen molar-refractivity contribution in [2.75, 3.05) is 24.2 Å². The highest BCUT2D eigenvalue weighted by atomic mass is 32.2. The highest BCUT2D eigenvalue weighted by Gasteiger charge is 2.11. The summed E-state index contributed by atoms with van der Waals surface area (Å²) in [5.41, 5.74) is 0.191. The van der Waals surface area contributed by atoms with Crippen molar-refractivity contribution in [3.63, 3.8) is 0 Å². The van der Waals surface area contributed by atoms with Crippen molar-refractivity contribution in [3.8, 4) is 0 Å². The molecule has 0 fully saturated rings. The molecule has 0 aliphatic heterocycles. The van der Waals surface area contributed by atoms with Crippen LogP contribution >= 0.6 is 0 Å². The third kappa shape index (κ3) is 4.37. The molecule has 1 rings (SSSR count). The molecule has 7 nitrogen and oxygen atoms in total. The Kier molecular flexibility index (Phi) is 4.41. The fourth-order valence-corrected chi connectivity index (χ4v) is 2.06. The zero-order valence-electron chi connectivity index (χ0n) is 9.12. The molecular weight excluding hydrogens is 248 g/mol. The van der Waals surface area contributed by atoms with Gasteiger partial charge < -0.3 is 4.74 Å². The lowest BCUT2D eigenvalue weighted by atomic mass is 10.3. The number of anilines is 1. The highest BCUT2D eigenvalue weighted by Crippen LogP contribution is 2.16. The van der Waals surface area contributed by atoms with Crippen molar-refractivity contribution < 1.29 is 18.1 Å². The number of rotatable bonds is 6. The van der Waals surface area contributed by atoms with Crippen LogP contribution in [-0.4, -0.2) is 32.8 Å². The maximum Gasteiger partial charge on any atom is 0.269 e. The topological polar surface area (TPSA) is 98.5 Å². The Labute approximate surface area is 98.6 Å². The Morgan fingerprint density at radius 3 is 2.41 bits per heavy atom. The van der Waals surface area contributed by atoms with E-state index in [4.69, 9.17) is 0 Å². The van der Waals surface area contributed by atoms with E-state index in [2.05, 4.69) is 9.46 Å². The van der Waals surface area contributed by atoms with Gasteiger partial charge in [0.25, 0.3) is 5.69 Å². The standard InChI is InChI=1S/C9H12N2O5S/c1-16-6-7-17(14,15)10-8-2-4-9(5-3-8)11(12)13/h2-5,10H,6-7H2,1H3. The van der Waals surface area contributed by atoms with Gasteiger partial charge in [0.05, 0.1) is 17.3 Å². The van der Waals surface area contributed by atoms with Crippen LogP contribution in [0.25, 0.3) is 0 Å². The van der Waals surface area contributed by atoms with Crippen molar-refractivity contribution in [2.24, 2.45) is 0 Å². The molecule has 0 saturated carbocycles. The van der Waals surface area contributed by atoms with Gasteiger partial charge in [-0.3, -0.25) is 14.8 Å². The number of hydrogen-bond acceptors (Lipinski definition) is 5. The first-order valence-electron chi connectivity index (χ1n) is 4.68. The number of benzene rings is 1. The van der Waals surface area contributed by atoms with Crippen molar-refractivity contribution in [1.29, 1.82) is 0 Å². The summed E-state index contributed by atoms with van der Waals surface area (Å²) in [6.45, 7) is 0.0856. The summed E-state index contributed by atoms with van der Waals surface area (Å²) in [7, 11) is -2.07. The smallest absolute Gasteiger partial charge is 0.269 e. The van der Waals surface area contributed by atoms with Gasteiger partial charge in [0.15, 0.2) is 0 Å². The first-order valence-corrected chi connectivity index (χ1v) is 6.34. The van der Waals surface area contributed by atoms with E-state index in [9.17, 15) is 18.5 Å². The second-order valence-corrected chi connectivity index (χ2v) is 5.06. The van der Waals surface area contributed by atoms with Crippen LogP contribution in [0, 0.1) is 10.1 Å². The summed E-state index contributed by atoms with van der Waals surface area (Å²) < 4.78 is 29.9. The van der Waals surface area contributed by atoms with Crippen molar-refractivity contribution in [3.05, 3.63) is 34.4 Å². The molecule has 17 heavy (non-hydrogen) atoms. The van der Waals surface area contributed by atoms with E-state index in [0.29, 0.717) is 0 Å². The molecule has 0 bridgehead atoms. The van der Waals surface area contributed by atoms with Gasteiger partial charge in [0.1, 0.15) is 0 Å². The third-order valence-corrected chi connectivity index (χ3v) is 3.16. The number of nitrogens with one attached hydrogen (secondary N) is 1. The van der Waals surface area contributed by atoms with Crippen LogP contribution in [0.15, 0.2) is 24.3 Å². The van der Waals surface area contributed by atoms with Crippen LogP contribution in [0.5, 0.6) is 0 Å². The van der Waals surface area contributed by atoms with Gasteiger partial charge in [0.2, 0.25) is 10.0 Å². The minimum Gasteiger partial charge on any atom is -0.384 e. The average molecular weight is 260 g/mol. The second kappa shape index (κ2) is 5.60. The molecule has 0 amide bonds. The number of nitrogens with zero attached hydrogens (tertiary/aromatic N) is 1. The summed E-state index contributed by atoms with van der Waals surface area (Å²) in [5, 5.41) is 10.4. The van der Waals surface area contributed by atoms with Crippen molar-refractivity contribution >= 4 is 21.4 Å². The highest BCUT2D eigenvalue weighted by molar-refractivity contribution is 7.92. The predicted octanol–water partition coefficient (Wildman–Crippen LogP) is 0.983. The first-order chi connectivity index (χ1) is 7.94.